The van der Waals surface area contributed by atoms with Gasteiger partial charge in [0, 0.05) is 39.1 Å². The maximum atomic E-state index is 14.6. The molecule has 49 heteroatoms. The Morgan fingerprint density at radius 1 is 0.376 bits per heavy atom. The zero-order chi connectivity index (χ0) is 100. The van der Waals surface area contributed by atoms with E-state index in [1.165, 1.54) is 23.6 Å². The van der Waals surface area contributed by atoms with Crippen LogP contribution >= 0.6 is 0 Å². The number of carbonyl (C=O) groups is 18. The molecule has 0 bridgehead atoms. The molecule has 0 aromatic rings. The summed E-state index contributed by atoms with van der Waals surface area (Å²) in [5.74, 6) is -17.8. The summed E-state index contributed by atoms with van der Waals surface area (Å²) in [5.41, 5.74) is 62.2. The Morgan fingerprint density at radius 3 is 1.21 bits per heavy atom. The molecule has 0 saturated carbocycles. The van der Waals surface area contributed by atoms with Crippen molar-refractivity contribution in [3.63, 3.8) is 0 Å². The summed E-state index contributed by atoms with van der Waals surface area (Å²) in [6.07, 6.45) is 4.33. The highest BCUT2D eigenvalue weighted by molar-refractivity contribution is 6.01. The van der Waals surface area contributed by atoms with Gasteiger partial charge in [0.25, 0.3) is 0 Å². The van der Waals surface area contributed by atoms with Gasteiger partial charge in [-0.05, 0) is 186 Å². The number of likely N-dealkylation sites (tertiary alicyclic amines) is 2. The van der Waals surface area contributed by atoms with E-state index in [0.29, 0.717) is 64.3 Å². The number of amides is 17. The summed E-state index contributed by atoms with van der Waals surface area (Å²) >= 11 is 0. The predicted molar refractivity (Wildman–Crippen MR) is 496 cm³/mol. The smallest absolute Gasteiger partial charge is 0.326 e. The first-order valence-corrected chi connectivity index (χ1v) is 46.1. The SMILES string of the molecule is CC[C@H](C)[C@H](NC(=O)[C@@H](NC(=O)[C@H](C)NC(=O)[C@H](CCCN=C(N)N)NC(=O)[C@H](CCCCN)NC(=O)[C@H](C)NC(=O)[C@H](CCCN=C(N)N)NC(=O)CNC(=O)[C@@H](NC(=O)[C@H](CCC(N)=O)NC(=O)CNC(=O)[C@H](CC(C)C)NC(=O)[C@H](CCCCN)NC(=O)[C@@H]1CCCN1C(=O)[C@@H]1CCCN1C(=O)[C@H](CCCN=C(N)N)NC(=O)[C@@H](N)CCCCN)[C@@H](C)CC)C(C)C)C(=O)O. The Bertz CT molecular complexity index is 3920. The normalized spacial score (nSPS) is 16.8. The van der Waals surface area contributed by atoms with Gasteiger partial charge in [0.05, 0.1) is 19.1 Å². The number of carbonyl (C=O) groups excluding carboxylic acids is 17. The van der Waals surface area contributed by atoms with Gasteiger partial charge in [0.2, 0.25) is 100 Å². The van der Waals surface area contributed by atoms with Crippen molar-refractivity contribution in [2.75, 3.05) is 65.4 Å². The third-order valence-electron chi connectivity index (χ3n) is 22.7. The van der Waals surface area contributed by atoms with Crippen LogP contribution in [0.2, 0.25) is 0 Å². The molecule has 0 unspecified atom stereocenters. The third kappa shape index (κ3) is 44.0. The Morgan fingerprint density at radius 2 is 0.752 bits per heavy atom. The van der Waals surface area contributed by atoms with E-state index in [9.17, 15) is 91.4 Å². The van der Waals surface area contributed by atoms with Gasteiger partial charge in [0.1, 0.15) is 84.6 Å². The number of primary amides is 1. The number of unbranched alkanes of at least 4 members (excludes halogenated alkanes) is 3. The largest absolute Gasteiger partial charge is 0.480 e. The van der Waals surface area contributed by atoms with Crippen molar-refractivity contribution in [2.45, 2.75) is 314 Å². The molecule has 0 aromatic carbocycles. The molecule has 37 N–H and O–H groups in total. The lowest BCUT2D eigenvalue weighted by Crippen LogP contribution is -2.60. The zero-order valence-electron chi connectivity index (χ0n) is 78.9. The third-order valence-corrected chi connectivity index (χ3v) is 22.7. The van der Waals surface area contributed by atoms with Crippen LogP contribution in [-0.2, 0) is 86.3 Å². The monoisotopic (exact) mass is 1890 g/mol. The molecule has 2 rings (SSSR count). The molecule has 2 saturated heterocycles. The molecule has 17 amide bonds. The lowest BCUT2D eigenvalue weighted by Gasteiger charge is -2.33. The fourth-order valence-electron chi connectivity index (χ4n) is 14.6. The van der Waals surface area contributed by atoms with E-state index < -0.39 is 241 Å². The Balaban J connectivity index is 2.34. The average Bonchev–Trinajstić information content (AvgIpc) is 1.66. The minimum Gasteiger partial charge on any atom is -0.480 e. The van der Waals surface area contributed by atoms with E-state index in [1.807, 2.05) is 0 Å². The van der Waals surface area contributed by atoms with E-state index in [4.69, 9.17) is 63.1 Å². The van der Waals surface area contributed by atoms with Gasteiger partial charge in [-0.15, -0.1) is 0 Å². The molecule has 2 fully saturated rings. The standard InChI is InChI=1S/C84H154N30O19/c1-11-47(7)65(77(128)100-44-63(117)103-52(27-19-37-96-82(90)91)71(122)101-49(9)67(118)105-53(25-14-17-35-86)73(124)106-55(28-20-38-97-83(92)93)72(123)102-50(10)68(119)110-64(46(5)6)78(129)112-66(81(132)133)48(8)12-2)111-75(126)56(32-33-61(89)115)104-62(116)43-99-70(121)58(42-45(3)4)109-74(125)54(26-15-18-36-87)107-76(127)59-30-22-40-113(59)80(131)60-31-23-41-114(60)79(130)57(29-21-39-98-84(94)95)108-69(120)51(88)24-13-16-34-85/h45-60,64-66H,11-44,85-88H2,1-10H3,(H2,89,115)(H,99,121)(H,100,128)(H,101,122)(H,102,123)(H,103,117)(H,104,116)(H,105,118)(H,106,124)(H,107,127)(H,108,120)(H,109,125)(H,110,119)(H,111,126)(H,112,129)(H,132,133)(H4,90,91,96)(H4,92,93,97)(H4,94,95,98)/t47-,48-,49-,50-,51-,52-,53-,54-,55-,56-,57-,58-,59-,60-,64-,65-,66-/m0/s1. The molecular formula is C84H154N30O19. The Hall–Kier alpha value is -11.9. The summed E-state index contributed by atoms with van der Waals surface area (Å²) in [5, 5.41) is 45.9. The highest BCUT2D eigenvalue weighted by Gasteiger charge is 2.46. The van der Waals surface area contributed by atoms with Crippen LogP contribution in [0.15, 0.2) is 15.0 Å². The molecule has 49 nitrogen and oxygen atoms in total. The van der Waals surface area contributed by atoms with Gasteiger partial charge in [-0.2, -0.15) is 0 Å². The molecule has 17 atom stereocenters. The van der Waals surface area contributed by atoms with Crippen LogP contribution in [0.5, 0.6) is 0 Å². The van der Waals surface area contributed by atoms with Crippen molar-refractivity contribution >= 4 is 124 Å². The summed E-state index contributed by atoms with van der Waals surface area (Å²) in [7, 11) is 0. The van der Waals surface area contributed by atoms with E-state index in [1.54, 1.807) is 55.4 Å². The average molecular weight is 1890 g/mol. The van der Waals surface area contributed by atoms with Crippen LogP contribution in [0, 0.1) is 23.7 Å². The number of hydrogen-bond acceptors (Lipinski definition) is 25. The number of rotatable bonds is 65. The minimum atomic E-state index is -1.59. The zero-order valence-corrected chi connectivity index (χ0v) is 78.9. The van der Waals surface area contributed by atoms with Crippen LogP contribution in [0.3, 0.4) is 0 Å². The molecule has 133 heavy (non-hydrogen) atoms. The highest BCUT2D eigenvalue weighted by Crippen LogP contribution is 2.27. The highest BCUT2D eigenvalue weighted by atomic mass is 16.4. The number of nitrogens with two attached hydrogens (primary N) is 11. The molecule has 0 radical (unpaired) electrons. The van der Waals surface area contributed by atoms with Crippen LogP contribution in [0.1, 0.15) is 223 Å². The van der Waals surface area contributed by atoms with Crippen molar-refractivity contribution in [3.8, 4) is 0 Å². The summed E-state index contributed by atoms with van der Waals surface area (Å²) in [4.78, 5) is 264. The van der Waals surface area contributed by atoms with Crippen molar-refractivity contribution in [2.24, 2.45) is 102 Å². The quantitative estimate of drug-likeness (QED) is 0.0153. The van der Waals surface area contributed by atoms with E-state index in [0.717, 1.165) is 0 Å². The first kappa shape index (κ1) is 117. The van der Waals surface area contributed by atoms with E-state index >= 15 is 0 Å². The second kappa shape index (κ2) is 62.5. The second-order valence-electron chi connectivity index (χ2n) is 34.6. The first-order chi connectivity index (χ1) is 62.8. The van der Waals surface area contributed by atoms with E-state index in [2.05, 4.69) is 89.4 Å². The maximum Gasteiger partial charge on any atom is 0.326 e. The van der Waals surface area contributed by atoms with Crippen molar-refractivity contribution in [3.05, 3.63) is 0 Å². The number of carboxylic acids is 1. The fraction of sp³-hybridized carbons (Fsp3) is 0.750. The maximum absolute atomic E-state index is 14.6. The minimum absolute atomic E-state index is 0.000812. The summed E-state index contributed by atoms with van der Waals surface area (Å²) in [6, 6.07) is -19.3. The summed E-state index contributed by atoms with van der Waals surface area (Å²) < 4.78 is 0. The summed E-state index contributed by atoms with van der Waals surface area (Å²) in [6.45, 7) is 15.7. The Kier molecular flexibility index (Phi) is 55.1. The number of aliphatic imine (C=N–C) groups is 3. The molecule has 0 aromatic heterocycles. The van der Waals surface area contributed by atoms with Crippen LogP contribution in [0.4, 0.5) is 0 Å². The Labute approximate surface area is 777 Å². The molecule has 754 valence electrons. The van der Waals surface area contributed by atoms with Gasteiger partial charge in [-0.1, -0.05) is 74.7 Å². The number of nitrogens with zero attached hydrogens (tertiary/aromatic N) is 5. The number of aliphatic carboxylic acids is 1. The van der Waals surface area contributed by atoms with Gasteiger partial charge < -0.3 is 152 Å². The molecule has 2 aliphatic rings. The van der Waals surface area contributed by atoms with Gasteiger partial charge in [-0.3, -0.25) is 96.5 Å². The number of guanidine groups is 3. The van der Waals surface area contributed by atoms with Gasteiger partial charge in [-0.25, -0.2) is 4.79 Å². The van der Waals surface area contributed by atoms with Crippen molar-refractivity contribution < 1.29 is 91.4 Å². The molecule has 2 aliphatic heterocycles. The first-order valence-electron chi connectivity index (χ1n) is 46.1. The fourth-order valence-corrected chi connectivity index (χ4v) is 14.6. The van der Waals surface area contributed by atoms with Crippen LogP contribution in [0.25, 0.3) is 0 Å². The van der Waals surface area contributed by atoms with Crippen LogP contribution < -0.4 is 138 Å². The van der Waals surface area contributed by atoms with Crippen molar-refractivity contribution in [1.29, 1.82) is 0 Å². The van der Waals surface area contributed by atoms with Gasteiger partial charge in [0.15, 0.2) is 17.9 Å². The molecule has 0 spiro atoms. The lowest BCUT2D eigenvalue weighted by molar-refractivity contribution is -0.148. The topological polar surface area (TPSA) is 826 Å². The predicted octanol–water partition coefficient (Wildman–Crippen LogP) is -7.92. The number of nitrogens with one attached hydrogen (secondary N) is 14. The molecule has 2 heterocycles. The number of carboxylic acid groups (broad SMARTS) is 1. The molecule has 0 aliphatic carbocycles. The van der Waals surface area contributed by atoms with Crippen LogP contribution in [-0.4, -0.2) is 295 Å². The number of hydrogen-bond donors (Lipinski definition) is 26. The lowest BCUT2D eigenvalue weighted by atomic mass is 9.97. The molecular weight excluding hydrogens is 1730 g/mol. The second-order valence-corrected chi connectivity index (χ2v) is 34.6. The van der Waals surface area contributed by atoms with E-state index in [-0.39, 0.29) is 153 Å². The van der Waals surface area contributed by atoms with Crippen molar-refractivity contribution in [1.82, 2.24) is 84.2 Å². The van der Waals surface area contributed by atoms with Gasteiger partial charge >= 0.3 is 5.97 Å².